The molecule has 1 aromatic carbocycles. The van der Waals surface area contributed by atoms with Gasteiger partial charge in [-0.2, -0.15) is 0 Å². The van der Waals surface area contributed by atoms with Gasteiger partial charge in [0, 0.05) is 23.8 Å². The van der Waals surface area contributed by atoms with E-state index in [4.69, 9.17) is 41.8 Å². The van der Waals surface area contributed by atoms with E-state index in [2.05, 4.69) is 50.6 Å². The highest BCUT2D eigenvalue weighted by molar-refractivity contribution is 6.74. The van der Waals surface area contributed by atoms with Crippen LogP contribution in [0.25, 0.3) is 0 Å². The number of carbonyl (C=O) groups is 1. The van der Waals surface area contributed by atoms with Gasteiger partial charge in [-0.15, -0.1) is 0 Å². The highest BCUT2D eigenvalue weighted by Gasteiger charge is 2.58. The van der Waals surface area contributed by atoms with Crippen molar-refractivity contribution in [3.8, 4) is 0 Å². The number of nitrogens with zero attached hydrogens (tertiary/aromatic N) is 3. The molecule has 2 fully saturated rings. The van der Waals surface area contributed by atoms with Gasteiger partial charge >= 0.3 is 0 Å². The predicted molar refractivity (Wildman–Crippen MR) is 157 cm³/mol. The van der Waals surface area contributed by atoms with E-state index in [0.29, 0.717) is 28.6 Å². The second kappa shape index (κ2) is 10.9. The van der Waals surface area contributed by atoms with Gasteiger partial charge in [0.15, 0.2) is 32.2 Å². The predicted octanol–water partition coefficient (Wildman–Crippen LogP) is 6.91. The van der Waals surface area contributed by atoms with Gasteiger partial charge < -0.3 is 23.2 Å². The average molecular weight is 595 g/mol. The molecule has 1 aromatic heterocycles. The van der Waals surface area contributed by atoms with Gasteiger partial charge in [-0.1, -0.05) is 50.0 Å². The van der Waals surface area contributed by atoms with E-state index >= 15 is 0 Å². The number of aliphatic imine (C=N–C) groups is 2. The monoisotopic (exact) mass is 593 g/mol. The Morgan fingerprint density at radius 3 is 2.46 bits per heavy atom. The molecule has 2 aromatic rings. The molecule has 0 N–H and O–H groups in total. The fraction of sp³-hybridized carbons (Fsp3) is 0.536. The van der Waals surface area contributed by atoms with E-state index in [9.17, 15) is 4.79 Å². The molecule has 8 nitrogen and oxygen atoms in total. The van der Waals surface area contributed by atoms with Crippen LogP contribution in [0.15, 0.2) is 40.4 Å². The molecule has 212 valence electrons. The molecule has 2 saturated heterocycles. The molecule has 11 heteroatoms. The minimum absolute atomic E-state index is 0.0249. The molecule has 0 aliphatic carbocycles. The van der Waals surface area contributed by atoms with Crippen molar-refractivity contribution in [3.63, 3.8) is 0 Å². The maximum absolute atomic E-state index is 14.1. The van der Waals surface area contributed by atoms with E-state index in [1.54, 1.807) is 36.0 Å². The molecule has 0 saturated carbocycles. The summed E-state index contributed by atoms with van der Waals surface area (Å²) in [5.41, 5.74) is 1.79. The molecule has 39 heavy (non-hydrogen) atoms. The lowest BCUT2D eigenvalue weighted by atomic mass is 9.97. The summed E-state index contributed by atoms with van der Waals surface area (Å²) in [6.45, 7) is 18.5. The number of hydrogen-bond donors (Lipinski definition) is 0. The largest absolute Gasteiger partial charge is 0.413 e. The lowest BCUT2D eigenvalue weighted by Crippen LogP contribution is -2.40. The van der Waals surface area contributed by atoms with Crippen LogP contribution in [0, 0.1) is 0 Å². The quantitative estimate of drug-likeness (QED) is 0.188. The topological polar surface area (TPSA) is 83.6 Å². The van der Waals surface area contributed by atoms with Crippen LogP contribution in [0.3, 0.4) is 0 Å². The molecule has 0 unspecified atom stereocenters. The number of ether oxygens (including phenoxy) is 3. The summed E-state index contributed by atoms with van der Waals surface area (Å²) >= 11 is 12.7. The zero-order chi connectivity index (χ0) is 28.9. The van der Waals surface area contributed by atoms with Crippen molar-refractivity contribution in [1.29, 1.82) is 0 Å². The second-order valence-corrected chi connectivity index (χ2v) is 17.5. The molecule has 3 heterocycles. The van der Waals surface area contributed by atoms with Gasteiger partial charge in [0.2, 0.25) is 0 Å². The van der Waals surface area contributed by atoms with Crippen molar-refractivity contribution in [3.05, 3.63) is 52.2 Å². The number of aromatic nitrogens is 1. The maximum atomic E-state index is 14.1. The van der Waals surface area contributed by atoms with Crippen LogP contribution >= 0.6 is 23.2 Å². The van der Waals surface area contributed by atoms with Crippen molar-refractivity contribution in [2.24, 2.45) is 9.98 Å². The fourth-order valence-electron chi connectivity index (χ4n) is 4.64. The number of fused-ring (bicyclic) bond motifs is 1. The van der Waals surface area contributed by atoms with Crippen LogP contribution in [-0.4, -0.2) is 61.7 Å². The SMILES string of the molecule is C=Nc1c(/C(Cl)=N\C)ccn1[C@@H]1O[C@H](C(=O)c2cc(Cl)ccc2CO[Si](C)(C)C(C)(C)C)[C@H]2OC(C)(C)O[C@H]21. The van der Waals surface area contributed by atoms with Gasteiger partial charge in [-0.05, 0) is 62.5 Å². The molecular weight excluding hydrogens is 557 g/mol. The molecule has 0 bridgehead atoms. The van der Waals surface area contributed by atoms with Crippen molar-refractivity contribution < 1.29 is 23.4 Å². The standard InChI is InChI=1S/C28H37Cl2N3O5Si/c1-27(2,3)39(8,9)35-15-16-10-11-17(29)14-19(16)20(34)21-22-23(38-28(4,5)37-22)26(36-21)33-13-12-18(24(30)31-6)25(33)32-7/h10-14,21-23,26H,7,15H2,1-6,8-9H3/b31-24+/t21-,22-,23-,26-/m1/s1. The zero-order valence-corrected chi connectivity index (χ0v) is 26.3. The normalized spacial score (nSPS) is 25.1. The number of rotatable bonds is 8. The van der Waals surface area contributed by atoms with Gasteiger partial charge in [0.25, 0.3) is 0 Å². The van der Waals surface area contributed by atoms with Crippen LogP contribution in [0.5, 0.6) is 0 Å². The minimum Gasteiger partial charge on any atom is -0.413 e. The molecule has 2 aliphatic heterocycles. The first-order valence-corrected chi connectivity index (χ1v) is 16.5. The summed E-state index contributed by atoms with van der Waals surface area (Å²) in [7, 11) is -0.473. The number of hydrogen-bond acceptors (Lipinski definition) is 7. The minimum atomic E-state index is -2.07. The molecule has 4 rings (SSSR count). The third kappa shape index (κ3) is 5.81. The van der Waals surface area contributed by atoms with Gasteiger partial charge in [0.1, 0.15) is 23.2 Å². The fourth-order valence-corrected chi connectivity index (χ4v) is 5.91. The Hall–Kier alpha value is -1.85. The van der Waals surface area contributed by atoms with E-state index in [-0.39, 0.29) is 16.0 Å². The summed E-state index contributed by atoms with van der Waals surface area (Å²) in [4.78, 5) is 22.4. The molecule has 0 spiro atoms. The van der Waals surface area contributed by atoms with E-state index in [1.165, 1.54) is 0 Å². The van der Waals surface area contributed by atoms with Crippen LogP contribution in [-0.2, 0) is 25.2 Å². The third-order valence-electron chi connectivity index (χ3n) is 7.75. The molecule has 2 aliphatic rings. The summed E-state index contributed by atoms with van der Waals surface area (Å²) in [5.74, 6) is -0.709. The van der Waals surface area contributed by atoms with E-state index in [0.717, 1.165) is 5.56 Å². The Morgan fingerprint density at radius 1 is 1.18 bits per heavy atom. The van der Waals surface area contributed by atoms with Gasteiger partial charge in [-0.25, -0.2) is 4.99 Å². The first-order valence-electron chi connectivity index (χ1n) is 12.9. The summed E-state index contributed by atoms with van der Waals surface area (Å²) in [5, 5.41) is 0.760. The highest BCUT2D eigenvalue weighted by atomic mass is 35.5. The number of Topliss-reactive ketones (excluding diaryl/α,β-unsaturated/α-hetero) is 1. The lowest BCUT2D eigenvalue weighted by molar-refractivity contribution is -0.190. The van der Waals surface area contributed by atoms with Crippen molar-refractivity contribution in [1.82, 2.24) is 4.57 Å². The Balaban J connectivity index is 1.70. The van der Waals surface area contributed by atoms with Crippen LogP contribution in [0.1, 0.15) is 62.3 Å². The number of carbonyl (C=O) groups excluding carboxylic acids is 1. The lowest BCUT2D eigenvalue weighted by Gasteiger charge is -2.36. The van der Waals surface area contributed by atoms with Crippen LogP contribution in [0.2, 0.25) is 23.2 Å². The van der Waals surface area contributed by atoms with E-state index in [1.807, 2.05) is 19.9 Å². The summed E-state index contributed by atoms with van der Waals surface area (Å²) in [6.07, 6.45) is -1.14. The Labute approximate surface area is 241 Å². The van der Waals surface area contributed by atoms with Crippen molar-refractivity contribution in [2.75, 3.05) is 7.05 Å². The Bertz CT molecular complexity index is 1300. The first-order chi connectivity index (χ1) is 18.1. The zero-order valence-electron chi connectivity index (χ0n) is 23.7. The smallest absolute Gasteiger partial charge is 0.194 e. The number of ketones is 1. The third-order valence-corrected chi connectivity index (χ3v) is 12.8. The maximum Gasteiger partial charge on any atom is 0.194 e. The van der Waals surface area contributed by atoms with Crippen LogP contribution < -0.4 is 0 Å². The summed E-state index contributed by atoms with van der Waals surface area (Å²) < 4.78 is 27.1. The number of halogens is 2. The van der Waals surface area contributed by atoms with Gasteiger partial charge in [-0.3, -0.25) is 9.79 Å². The van der Waals surface area contributed by atoms with E-state index < -0.39 is 38.6 Å². The van der Waals surface area contributed by atoms with Crippen molar-refractivity contribution in [2.45, 2.75) is 89.7 Å². The Morgan fingerprint density at radius 2 is 1.85 bits per heavy atom. The first kappa shape index (κ1) is 30.1. The summed E-state index contributed by atoms with van der Waals surface area (Å²) in [6, 6.07) is 7.06. The van der Waals surface area contributed by atoms with Crippen LogP contribution in [0.4, 0.5) is 5.82 Å². The average Bonchev–Trinajstić information content (AvgIpc) is 3.51. The molecule has 0 radical (unpaired) electrons. The van der Waals surface area contributed by atoms with Crippen molar-refractivity contribution >= 4 is 55.0 Å². The molecular formula is C28H37Cl2N3O5Si. The molecule has 0 amide bonds. The molecule has 4 atom stereocenters. The second-order valence-electron chi connectivity index (χ2n) is 11.9. The highest BCUT2D eigenvalue weighted by Crippen LogP contribution is 2.46. The van der Waals surface area contributed by atoms with Gasteiger partial charge in [0.05, 0.1) is 12.2 Å². The Kier molecular flexibility index (Phi) is 8.38. The number of benzene rings is 1.